The summed E-state index contributed by atoms with van der Waals surface area (Å²) in [7, 11) is 0. The van der Waals surface area contributed by atoms with Crippen molar-refractivity contribution in [1.29, 1.82) is 5.26 Å². The predicted molar refractivity (Wildman–Crippen MR) is 120 cm³/mol. The maximum Gasteiger partial charge on any atom is 0.101 e. The van der Waals surface area contributed by atoms with Crippen LogP contribution in [0.4, 0.5) is 0 Å². The smallest absolute Gasteiger partial charge is 0.101 e. The third-order valence-electron chi connectivity index (χ3n) is 5.15. The molecular formula is C27H22N2. The van der Waals surface area contributed by atoms with Crippen LogP contribution in [0.2, 0.25) is 0 Å². The van der Waals surface area contributed by atoms with Gasteiger partial charge in [-0.25, -0.2) is 0 Å². The Morgan fingerprint density at radius 1 is 0.862 bits per heavy atom. The summed E-state index contributed by atoms with van der Waals surface area (Å²) in [6, 6.07) is 29.4. The van der Waals surface area contributed by atoms with Gasteiger partial charge in [0.1, 0.15) is 6.07 Å². The zero-order chi connectivity index (χ0) is 20.2. The van der Waals surface area contributed by atoms with Crippen LogP contribution in [0.3, 0.4) is 0 Å². The molecule has 2 heteroatoms. The van der Waals surface area contributed by atoms with Gasteiger partial charge in [-0.2, -0.15) is 5.26 Å². The summed E-state index contributed by atoms with van der Waals surface area (Å²) in [6.07, 6.45) is 4.79. The summed E-state index contributed by atoms with van der Waals surface area (Å²) in [6.45, 7) is 5.99. The normalized spacial score (nSPS) is 10.5. The average molecular weight is 374 g/mol. The molecule has 0 N–H and O–H groups in total. The number of aromatic nitrogens is 1. The first-order chi connectivity index (χ1) is 14.2. The lowest BCUT2D eigenvalue weighted by molar-refractivity contribution is 1.08. The van der Waals surface area contributed by atoms with Gasteiger partial charge >= 0.3 is 0 Å². The number of nitriles is 1. The first-order valence-electron chi connectivity index (χ1n) is 9.66. The first kappa shape index (κ1) is 18.5. The Bertz CT molecular complexity index is 1190. The predicted octanol–water partition coefficient (Wildman–Crippen LogP) is 6.64. The molecule has 0 unspecified atom stereocenters. The van der Waals surface area contributed by atoms with Gasteiger partial charge in [0.25, 0.3) is 0 Å². The summed E-state index contributed by atoms with van der Waals surface area (Å²) in [5, 5.41) is 9.76. The molecule has 140 valence electrons. The molecule has 0 saturated carbocycles. The Morgan fingerprint density at radius 3 is 2.24 bits per heavy atom. The molecule has 2 nitrogen and oxygen atoms in total. The first-order valence-corrected chi connectivity index (χ1v) is 9.66. The van der Waals surface area contributed by atoms with E-state index in [4.69, 9.17) is 0 Å². The van der Waals surface area contributed by atoms with Gasteiger partial charge in [0.05, 0.1) is 5.56 Å². The highest BCUT2D eigenvalue weighted by Crippen LogP contribution is 2.30. The molecule has 3 aromatic carbocycles. The molecule has 29 heavy (non-hydrogen) atoms. The Hall–Kier alpha value is -3.83. The van der Waals surface area contributed by atoms with Crippen LogP contribution in [0.25, 0.3) is 22.4 Å². The highest BCUT2D eigenvalue weighted by Gasteiger charge is 2.13. The van der Waals surface area contributed by atoms with E-state index in [1.54, 1.807) is 0 Å². The van der Waals surface area contributed by atoms with Gasteiger partial charge in [-0.3, -0.25) is 0 Å². The SMILES string of the molecule is C=C(C)c1ccc(-n2cc(C#N)c(-c3ccccc3Cc3ccccc3)c2)cc1. The molecule has 0 aliphatic rings. The zero-order valence-electron chi connectivity index (χ0n) is 16.5. The highest BCUT2D eigenvalue weighted by atomic mass is 14.9. The van der Waals surface area contributed by atoms with Gasteiger partial charge in [0, 0.05) is 23.6 Å². The van der Waals surface area contributed by atoms with Crippen LogP contribution in [0.5, 0.6) is 0 Å². The molecule has 0 aliphatic heterocycles. The highest BCUT2D eigenvalue weighted by molar-refractivity contribution is 5.74. The van der Waals surface area contributed by atoms with Crippen molar-refractivity contribution < 1.29 is 0 Å². The standard InChI is InChI=1S/C27H22N2/c1-20(2)22-12-14-25(15-13-22)29-18-24(17-28)27(19-29)26-11-7-6-10-23(26)16-21-8-4-3-5-9-21/h3-15,18-19H,1,16H2,2H3. The Labute approximate surface area is 172 Å². The third kappa shape index (κ3) is 3.90. The molecule has 4 aromatic rings. The fourth-order valence-electron chi connectivity index (χ4n) is 3.58. The molecule has 0 aliphatic carbocycles. The second-order valence-corrected chi connectivity index (χ2v) is 7.25. The van der Waals surface area contributed by atoms with E-state index in [-0.39, 0.29) is 0 Å². The minimum atomic E-state index is 0.675. The van der Waals surface area contributed by atoms with Crippen molar-refractivity contribution in [3.63, 3.8) is 0 Å². The Morgan fingerprint density at radius 2 is 1.55 bits per heavy atom. The average Bonchev–Trinajstić information content (AvgIpc) is 3.19. The zero-order valence-corrected chi connectivity index (χ0v) is 16.5. The minimum absolute atomic E-state index is 0.675. The lowest BCUT2D eigenvalue weighted by atomic mass is 9.95. The van der Waals surface area contributed by atoms with Gasteiger partial charge in [0.15, 0.2) is 0 Å². The monoisotopic (exact) mass is 374 g/mol. The van der Waals surface area contributed by atoms with Crippen LogP contribution in [0.1, 0.15) is 29.2 Å². The molecule has 0 atom stereocenters. The maximum absolute atomic E-state index is 9.76. The number of allylic oxidation sites excluding steroid dienone is 1. The van der Waals surface area contributed by atoms with Crippen LogP contribution in [-0.2, 0) is 6.42 Å². The van der Waals surface area contributed by atoms with E-state index in [1.165, 1.54) is 11.1 Å². The van der Waals surface area contributed by atoms with E-state index in [0.717, 1.165) is 34.4 Å². The molecule has 0 spiro atoms. The van der Waals surface area contributed by atoms with Crippen molar-refractivity contribution in [2.24, 2.45) is 0 Å². The van der Waals surface area contributed by atoms with Gasteiger partial charge < -0.3 is 4.57 Å². The summed E-state index contributed by atoms with van der Waals surface area (Å²) in [5.74, 6) is 0. The molecule has 0 bridgehead atoms. The molecular weight excluding hydrogens is 352 g/mol. The number of rotatable bonds is 5. The van der Waals surface area contributed by atoms with Crippen LogP contribution < -0.4 is 0 Å². The summed E-state index contributed by atoms with van der Waals surface area (Å²) in [4.78, 5) is 0. The van der Waals surface area contributed by atoms with Crippen LogP contribution in [0.15, 0.2) is 97.8 Å². The molecule has 1 aromatic heterocycles. The van der Waals surface area contributed by atoms with E-state index in [0.29, 0.717) is 5.56 Å². The lowest BCUT2D eigenvalue weighted by Gasteiger charge is -2.09. The molecule has 0 radical (unpaired) electrons. The van der Waals surface area contributed by atoms with Crippen LogP contribution >= 0.6 is 0 Å². The van der Waals surface area contributed by atoms with Crippen molar-refractivity contribution in [1.82, 2.24) is 4.57 Å². The molecule has 1 heterocycles. The fraction of sp³-hybridized carbons (Fsp3) is 0.0741. The van der Waals surface area contributed by atoms with Crippen molar-refractivity contribution in [3.8, 4) is 22.9 Å². The van der Waals surface area contributed by atoms with Gasteiger partial charge in [0.2, 0.25) is 0 Å². The van der Waals surface area contributed by atoms with Crippen LogP contribution in [-0.4, -0.2) is 4.57 Å². The summed E-state index contributed by atoms with van der Waals surface area (Å²) >= 11 is 0. The second-order valence-electron chi connectivity index (χ2n) is 7.25. The van der Waals surface area contributed by atoms with E-state index < -0.39 is 0 Å². The summed E-state index contributed by atoms with van der Waals surface area (Å²) < 4.78 is 2.02. The number of benzene rings is 3. The molecule has 4 rings (SSSR count). The molecule has 0 saturated heterocycles. The Balaban J connectivity index is 1.75. The van der Waals surface area contributed by atoms with Crippen molar-refractivity contribution in [2.45, 2.75) is 13.3 Å². The number of nitrogens with zero attached hydrogens (tertiary/aromatic N) is 2. The number of hydrogen-bond acceptors (Lipinski definition) is 1. The topological polar surface area (TPSA) is 28.7 Å². The van der Waals surface area contributed by atoms with E-state index >= 15 is 0 Å². The maximum atomic E-state index is 9.76. The van der Waals surface area contributed by atoms with Crippen molar-refractivity contribution in [3.05, 3.63) is 120 Å². The number of hydrogen-bond donors (Lipinski definition) is 0. The van der Waals surface area contributed by atoms with E-state index in [2.05, 4.69) is 85.6 Å². The minimum Gasteiger partial charge on any atom is -0.322 e. The van der Waals surface area contributed by atoms with Gasteiger partial charge in [-0.15, -0.1) is 0 Å². The Kier molecular flexibility index (Phi) is 5.14. The van der Waals surface area contributed by atoms with Gasteiger partial charge in [-0.05, 0) is 47.7 Å². The lowest BCUT2D eigenvalue weighted by Crippen LogP contribution is -1.93. The summed E-state index contributed by atoms with van der Waals surface area (Å²) in [5.41, 5.74) is 8.40. The van der Waals surface area contributed by atoms with E-state index in [9.17, 15) is 5.26 Å². The van der Waals surface area contributed by atoms with E-state index in [1.807, 2.05) is 29.8 Å². The molecule has 0 amide bonds. The largest absolute Gasteiger partial charge is 0.322 e. The fourth-order valence-corrected chi connectivity index (χ4v) is 3.58. The second kappa shape index (κ2) is 8.04. The van der Waals surface area contributed by atoms with Crippen molar-refractivity contribution in [2.75, 3.05) is 0 Å². The third-order valence-corrected chi connectivity index (χ3v) is 5.15. The van der Waals surface area contributed by atoms with Gasteiger partial charge in [-0.1, -0.05) is 78.9 Å². The molecule has 0 fully saturated rings. The van der Waals surface area contributed by atoms with Crippen molar-refractivity contribution >= 4 is 5.57 Å². The van der Waals surface area contributed by atoms with Crippen LogP contribution in [0, 0.1) is 11.3 Å². The quantitative estimate of drug-likeness (QED) is 0.385.